The molecule has 0 aromatic heterocycles. The van der Waals surface area contributed by atoms with Crippen LogP contribution in [-0.2, 0) is 4.74 Å². The molecular weight excluding hydrogens is 178 g/mol. The molecule has 3 rings (SSSR count). The molecule has 14 heavy (non-hydrogen) atoms. The molecule has 3 aliphatic rings. The molecule has 0 radical (unpaired) electrons. The summed E-state index contributed by atoms with van der Waals surface area (Å²) >= 11 is 0. The molecule has 0 aromatic rings. The maximum absolute atomic E-state index is 11.6. The molecule has 1 heterocycles. The van der Waals surface area contributed by atoms with Crippen molar-refractivity contribution in [2.75, 3.05) is 0 Å². The van der Waals surface area contributed by atoms with E-state index in [4.69, 9.17) is 4.74 Å². The van der Waals surface area contributed by atoms with Crippen LogP contribution in [0, 0.1) is 22.0 Å². The van der Waals surface area contributed by atoms with Crippen molar-refractivity contribution < 1.29 is 9.48 Å². The second kappa shape index (κ2) is 2.10. The van der Waals surface area contributed by atoms with E-state index in [1.807, 2.05) is 0 Å². The Labute approximate surface area is 84.3 Å². The summed E-state index contributed by atoms with van der Waals surface area (Å²) < 4.78 is 6.59. The summed E-state index contributed by atoms with van der Waals surface area (Å²) in [5, 5.41) is 11.6. The van der Waals surface area contributed by atoms with Gasteiger partial charge in [-0.15, -0.1) is 0 Å². The smallest absolute Gasteiger partial charge is 0.336 e. The van der Waals surface area contributed by atoms with E-state index in [0.29, 0.717) is 5.92 Å². The second-order valence-corrected chi connectivity index (χ2v) is 5.80. The first-order valence-electron chi connectivity index (χ1n) is 5.43. The molecule has 2 saturated carbocycles. The lowest BCUT2D eigenvalue weighted by atomic mass is 9.70. The van der Waals surface area contributed by atoms with Gasteiger partial charge < -0.3 is 9.94 Å². The average Bonchev–Trinajstić information content (AvgIpc) is 2.63. The molecule has 0 saturated heterocycles. The minimum absolute atomic E-state index is 0.0868. The first kappa shape index (κ1) is 8.57. The highest BCUT2D eigenvalue weighted by molar-refractivity contribution is 5.44. The van der Waals surface area contributed by atoms with Crippen molar-refractivity contribution in [2.24, 2.45) is 16.7 Å². The Morgan fingerprint density at radius 3 is 2.79 bits per heavy atom. The van der Waals surface area contributed by atoms with E-state index in [0.717, 1.165) is 4.74 Å². The van der Waals surface area contributed by atoms with Gasteiger partial charge in [-0.2, -0.15) is 4.74 Å². The first-order chi connectivity index (χ1) is 6.48. The van der Waals surface area contributed by atoms with Gasteiger partial charge in [0.1, 0.15) is 0 Å². The molecular formula is C11H17NO2. The van der Waals surface area contributed by atoms with E-state index in [2.05, 4.69) is 20.8 Å². The normalized spacial score (nSPS) is 52.8. The molecule has 0 amide bonds. The highest BCUT2D eigenvalue weighted by atomic mass is 16.6. The van der Waals surface area contributed by atoms with Crippen LogP contribution in [0.25, 0.3) is 0 Å². The van der Waals surface area contributed by atoms with Crippen molar-refractivity contribution in [1.29, 1.82) is 0 Å². The molecule has 78 valence electrons. The van der Waals surface area contributed by atoms with Gasteiger partial charge in [-0.3, -0.25) is 0 Å². The van der Waals surface area contributed by atoms with Gasteiger partial charge in [-0.05, 0) is 18.3 Å². The molecule has 1 aliphatic heterocycles. The summed E-state index contributed by atoms with van der Waals surface area (Å²) in [6.45, 7) is 6.87. The van der Waals surface area contributed by atoms with Crippen molar-refractivity contribution in [3.8, 4) is 0 Å². The SMILES string of the molecule is CC1(C)C2CCC1(C)[C@@H]1OC=[N+]([O-])C21. The van der Waals surface area contributed by atoms with E-state index in [1.165, 1.54) is 19.2 Å². The quantitative estimate of drug-likeness (QED) is 0.436. The third-order valence-corrected chi connectivity index (χ3v) is 5.33. The third-order valence-electron chi connectivity index (χ3n) is 5.33. The number of rotatable bonds is 0. The molecule has 3 nitrogen and oxygen atoms in total. The molecule has 2 aliphatic carbocycles. The molecule has 0 aromatic carbocycles. The summed E-state index contributed by atoms with van der Waals surface area (Å²) in [4.78, 5) is 0. The summed E-state index contributed by atoms with van der Waals surface area (Å²) in [5.74, 6) is 0.508. The van der Waals surface area contributed by atoms with Gasteiger partial charge in [0.15, 0.2) is 6.10 Å². The van der Waals surface area contributed by atoms with Crippen LogP contribution in [0.2, 0.25) is 0 Å². The van der Waals surface area contributed by atoms with Crippen molar-refractivity contribution in [3.63, 3.8) is 0 Å². The van der Waals surface area contributed by atoms with E-state index in [1.54, 1.807) is 0 Å². The molecule has 3 heteroatoms. The fraction of sp³-hybridized carbons (Fsp3) is 0.909. The maximum Gasteiger partial charge on any atom is 0.336 e. The van der Waals surface area contributed by atoms with Crippen LogP contribution in [-0.4, -0.2) is 23.3 Å². The Morgan fingerprint density at radius 1 is 1.43 bits per heavy atom. The van der Waals surface area contributed by atoms with E-state index in [9.17, 15) is 5.21 Å². The Kier molecular flexibility index (Phi) is 1.28. The van der Waals surface area contributed by atoms with Gasteiger partial charge in [-0.1, -0.05) is 20.8 Å². The van der Waals surface area contributed by atoms with E-state index < -0.39 is 0 Å². The van der Waals surface area contributed by atoms with Crippen molar-refractivity contribution in [2.45, 2.75) is 45.8 Å². The number of fused-ring (bicyclic) bond motifs is 5. The Balaban J connectivity index is 2.10. The molecule has 0 N–H and O–H groups in total. The summed E-state index contributed by atoms with van der Waals surface area (Å²) in [6.07, 6.45) is 3.89. The molecule has 4 atom stereocenters. The van der Waals surface area contributed by atoms with Crippen LogP contribution in [0.3, 0.4) is 0 Å². The standard InChI is InChI=1S/C11H17NO2/c1-10(2)7-4-5-11(10,3)9-8(7)12(13)6-14-9/h6-9H,4-5H2,1-3H3/t7?,8?,9-,11?/m1/s1. The fourth-order valence-corrected chi connectivity index (χ4v) is 3.99. The predicted octanol–water partition coefficient (Wildman–Crippen LogP) is 1.75. The van der Waals surface area contributed by atoms with E-state index in [-0.39, 0.29) is 23.0 Å². The minimum atomic E-state index is 0.0868. The number of nitrogens with zero attached hydrogens (tertiary/aromatic N) is 1. The first-order valence-corrected chi connectivity index (χ1v) is 5.43. The lowest BCUT2D eigenvalue weighted by Crippen LogP contribution is -2.40. The van der Waals surface area contributed by atoms with Gasteiger partial charge in [-0.25, -0.2) is 0 Å². The second-order valence-electron chi connectivity index (χ2n) is 5.80. The lowest BCUT2D eigenvalue weighted by Gasteiger charge is -2.35. The van der Waals surface area contributed by atoms with Crippen LogP contribution in [0.5, 0.6) is 0 Å². The van der Waals surface area contributed by atoms with Crippen molar-refractivity contribution >= 4 is 6.40 Å². The Hall–Kier alpha value is -0.730. The van der Waals surface area contributed by atoms with Crippen LogP contribution in [0.4, 0.5) is 0 Å². The van der Waals surface area contributed by atoms with E-state index >= 15 is 0 Å². The third kappa shape index (κ3) is 0.635. The zero-order chi connectivity index (χ0) is 10.1. The van der Waals surface area contributed by atoms with Crippen LogP contribution < -0.4 is 0 Å². The molecule has 2 fully saturated rings. The molecule has 0 spiro atoms. The number of hydroxylamine groups is 1. The summed E-state index contributed by atoms with van der Waals surface area (Å²) in [5.41, 5.74) is 0.442. The number of hydrogen-bond acceptors (Lipinski definition) is 2. The Bertz CT molecular complexity index is 323. The number of hydrogen-bond donors (Lipinski definition) is 0. The van der Waals surface area contributed by atoms with Gasteiger partial charge in [0, 0.05) is 11.3 Å². The molecule has 2 bridgehead atoms. The van der Waals surface area contributed by atoms with Crippen LogP contribution in [0.1, 0.15) is 33.6 Å². The Morgan fingerprint density at radius 2 is 2.14 bits per heavy atom. The zero-order valence-electron chi connectivity index (χ0n) is 8.99. The van der Waals surface area contributed by atoms with Gasteiger partial charge >= 0.3 is 6.40 Å². The maximum atomic E-state index is 11.6. The molecule has 3 unspecified atom stereocenters. The highest BCUT2D eigenvalue weighted by Crippen LogP contribution is 2.67. The average molecular weight is 195 g/mol. The summed E-state index contributed by atoms with van der Waals surface area (Å²) in [6, 6.07) is 0.0868. The van der Waals surface area contributed by atoms with Crippen LogP contribution >= 0.6 is 0 Å². The fourth-order valence-electron chi connectivity index (χ4n) is 3.99. The lowest BCUT2D eigenvalue weighted by molar-refractivity contribution is -0.500. The monoisotopic (exact) mass is 195 g/mol. The van der Waals surface area contributed by atoms with Crippen molar-refractivity contribution in [3.05, 3.63) is 5.21 Å². The highest BCUT2D eigenvalue weighted by Gasteiger charge is 2.72. The van der Waals surface area contributed by atoms with Gasteiger partial charge in [0.25, 0.3) is 0 Å². The predicted molar refractivity (Wildman–Crippen MR) is 53.0 cm³/mol. The number of ether oxygens (including phenoxy) is 1. The van der Waals surface area contributed by atoms with Crippen molar-refractivity contribution in [1.82, 2.24) is 0 Å². The zero-order valence-corrected chi connectivity index (χ0v) is 8.99. The summed E-state index contributed by atoms with van der Waals surface area (Å²) in [7, 11) is 0. The van der Waals surface area contributed by atoms with Gasteiger partial charge in [0.05, 0.1) is 0 Å². The largest absolute Gasteiger partial charge is 0.621 e. The topological polar surface area (TPSA) is 35.3 Å². The van der Waals surface area contributed by atoms with Gasteiger partial charge in [0.2, 0.25) is 6.04 Å². The van der Waals surface area contributed by atoms with Crippen LogP contribution in [0.15, 0.2) is 0 Å². The minimum Gasteiger partial charge on any atom is -0.621 e.